The summed E-state index contributed by atoms with van der Waals surface area (Å²) in [5.41, 5.74) is 6.41. The molecule has 17 heavy (non-hydrogen) atoms. The number of hydrogen-bond acceptors (Lipinski definition) is 2. The first-order valence-corrected chi connectivity index (χ1v) is 5.89. The van der Waals surface area contributed by atoms with Gasteiger partial charge in [-0.2, -0.15) is 0 Å². The summed E-state index contributed by atoms with van der Waals surface area (Å²) < 4.78 is 13.1. The lowest BCUT2D eigenvalue weighted by Crippen LogP contribution is -2.27. The van der Waals surface area contributed by atoms with Crippen LogP contribution in [0.25, 0.3) is 0 Å². The molecule has 0 saturated carbocycles. The Bertz CT molecular complexity index is 368. The van der Waals surface area contributed by atoms with E-state index in [4.69, 9.17) is 5.73 Å². The van der Waals surface area contributed by atoms with Crippen molar-refractivity contribution in [2.75, 3.05) is 13.1 Å². The smallest absolute Gasteiger partial charge is 0.220 e. The van der Waals surface area contributed by atoms with Gasteiger partial charge in [0.05, 0.1) is 0 Å². The summed E-state index contributed by atoms with van der Waals surface area (Å²) in [6.45, 7) is 3.00. The van der Waals surface area contributed by atoms with Crippen LogP contribution >= 0.6 is 0 Å². The van der Waals surface area contributed by atoms with Gasteiger partial charge in [-0.15, -0.1) is 0 Å². The Morgan fingerprint density at radius 1 is 1.53 bits per heavy atom. The Kier molecular flexibility index (Phi) is 5.63. The number of rotatable bonds is 6. The van der Waals surface area contributed by atoms with Crippen molar-refractivity contribution in [2.45, 2.75) is 25.7 Å². The van der Waals surface area contributed by atoms with Gasteiger partial charge >= 0.3 is 0 Å². The highest BCUT2D eigenvalue weighted by molar-refractivity contribution is 5.76. The van der Waals surface area contributed by atoms with E-state index in [9.17, 15) is 9.18 Å². The highest BCUT2D eigenvalue weighted by atomic mass is 19.1. The van der Waals surface area contributed by atoms with Crippen molar-refractivity contribution in [2.24, 2.45) is 5.73 Å². The zero-order chi connectivity index (χ0) is 12.7. The van der Waals surface area contributed by atoms with Crippen LogP contribution in [0.5, 0.6) is 0 Å². The molecule has 4 heteroatoms. The first kappa shape index (κ1) is 13.6. The topological polar surface area (TPSA) is 55.1 Å². The summed E-state index contributed by atoms with van der Waals surface area (Å²) in [4.78, 5) is 11.6. The maximum Gasteiger partial charge on any atom is 0.220 e. The standard InChI is InChI=1S/C13H19FN2O/c1-2-6-16-13(17)8-11(9-15)10-4-3-5-12(14)7-10/h3-5,7,11H,2,6,8-9,15H2,1H3,(H,16,17). The molecule has 0 aliphatic rings. The van der Waals surface area contributed by atoms with Crippen LogP contribution in [-0.4, -0.2) is 19.0 Å². The number of carbonyl (C=O) groups is 1. The van der Waals surface area contributed by atoms with Crippen LogP contribution in [0.15, 0.2) is 24.3 Å². The van der Waals surface area contributed by atoms with Crippen LogP contribution in [0.4, 0.5) is 4.39 Å². The van der Waals surface area contributed by atoms with Gasteiger partial charge in [-0.3, -0.25) is 4.79 Å². The van der Waals surface area contributed by atoms with Gasteiger partial charge in [0, 0.05) is 18.9 Å². The highest BCUT2D eigenvalue weighted by Crippen LogP contribution is 2.19. The van der Waals surface area contributed by atoms with Crippen LogP contribution in [0.3, 0.4) is 0 Å². The van der Waals surface area contributed by atoms with Gasteiger partial charge in [0.2, 0.25) is 5.91 Å². The number of halogens is 1. The summed E-state index contributed by atoms with van der Waals surface area (Å²) in [5.74, 6) is -0.455. The van der Waals surface area contributed by atoms with Crippen molar-refractivity contribution in [3.8, 4) is 0 Å². The molecule has 1 aromatic rings. The quantitative estimate of drug-likeness (QED) is 0.793. The molecule has 1 unspecified atom stereocenters. The molecular formula is C13H19FN2O. The Labute approximate surface area is 101 Å². The largest absolute Gasteiger partial charge is 0.356 e. The maximum absolute atomic E-state index is 13.1. The molecule has 0 aliphatic heterocycles. The van der Waals surface area contributed by atoms with Gasteiger partial charge in [0.15, 0.2) is 0 Å². The number of benzene rings is 1. The Balaban J connectivity index is 2.62. The maximum atomic E-state index is 13.1. The average molecular weight is 238 g/mol. The van der Waals surface area contributed by atoms with Crippen molar-refractivity contribution in [1.29, 1.82) is 0 Å². The Hall–Kier alpha value is -1.42. The van der Waals surface area contributed by atoms with Gasteiger partial charge in [0.25, 0.3) is 0 Å². The monoisotopic (exact) mass is 238 g/mol. The van der Waals surface area contributed by atoms with Crippen molar-refractivity contribution in [3.63, 3.8) is 0 Å². The van der Waals surface area contributed by atoms with E-state index in [-0.39, 0.29) is 17.6 Å². The predicted molar refractivity (Wildman–Crippen MR) is 66.1 cm³/mol. The molecule has 1 amide bonds. The third-order valence-electron chi connectivity index (χ3n) is 2.61. The minimum Gasteiger partial charge on any atom is -0.356 e. The lowest BCUT2D eigenvalue weighted by atomic mass is 9.95. The lowest BCUT2D eigenvalue weighted by Gasteiger charge is -2.14. The third-order valence-corrected chi connectivity index (χ3v) is 2.61. The summed E-state index contributed by atoms with van der Waals surface area (Å²) in [7, 11) is 0. The Morgan fingerprint density at radius 2 is 2.29 bits per heavy atom. The van der Waals surface area contributed by atoms with Gasteiger partial charge in [-0.25, -0.2) is 4.39 Å². The fourth-order valence-electron chi connectivity index (χ4n) is 1.66. The van der Waals surface area contributed by atoms with E-state index in [1.54, 1.807) is 12.1 Å². The molecule has 0 fully saturated rings. The minimum absolute atomic E-state index is 0.0356. The fourth-order valence-corrected chi connectivity index (χ4v) is 1.66. The van der Waals surface area contributed by atoms with Crippen LogP contribution in [0.2, 0.25) is 0 Å². The van der Waals surface area contributed by atoms with Crippen LogP contribution in [0, 0.1) is 5.82 Å². The SMILES string of the molecule is CCCNC(=O)CC(CN)c1cccc(F)c1. The van der Waals surface area contributed by atoms with Crippen molar-refractivity contribution in [1.82, 2.24) is 5.32 Å². The molecule has 3 N–H and O–H groups in total. The molecular weight excluding hydrogens is 219 g/mol. The van der Waals surface area contributed by atoms with Gasteiger partial charge < -0.3 is 11.1 Å². The van der Waals surface area contributed by atoms with Crippen molar-refractivity contribution < 1.29 is 9.18 Å². The first-order chi connectivity index (χ1) is 8.17. The summed E-state index contributed by atoms with van der Waals surface area (Å²) >= 11 is 0. The minimum atomic E-state index is -0.296. The molecule has 0 radical (unpaired) electrons. The number of carbonyl (C=O) groups excluding carboxylic acids is 1. The molecule has 1 rings (SSSR count). The van der Waals surface area contributed by atoms with Crippen molar-refractivity contribution >= 4 is 5.91 Å². The molecule has 0 spiro atoms. The summed E-state index contributed by atoms with van der Waals surface area (Å²) in [5, 5.41) is 2.79. The molecule has 1 atom stereocenters. The number of hydrogen-bond donors (Lipinski definition) is 2. The molecule has 94 valence electrons. The molecule has 0 aliphatic carbocycles. The van der Waals surface area contributed by atoms with Crippen LogP contribution in [0.1, 0.15) is 31.2 Å². The zero-order valence-corrected chi connectivity index (χ0v) is 10.1. The van der Waals surface area contributed by atoms with E-state index in [1.807, 2.05) is 6.92 Å². The summed E-state index contributed by atoms with van der Waals surface area (Å²) in [6, 6.07) is 6.25. The fraction of sp³-hybridized carbons (Fsp3) is 0.462. The van der Waals surface area contributed by atoms with E-state index >= 15 is 0 Å². The summed E-state index contributed by atoms with van der Waals surface area (Å²) in [6.07, 6.45) is 1.21. The van der Waals surface area contributed by atoms with Crippen LogP contribution < -0.4 is 11.1 Å². The molecule has 0 aromatic heterocycles. The highest BCUT2D eigenvalue weighted by Gasteiger charge is 2.14. The Morgan fingerprint density at radius 3 is 2.88 bits per heavy atom. The molecule has 0 heterocycles. The van der Waals surface area contributed by atoms with Gasteiger partial charge in [-0.05, 0) is 30.7 Å². The zero-order valence-electron chi connectivity index (χ0n) is 10.1. The number of nitrogens with two attached hydrogens (primary N) is 1. The second-order valence-electron chi connectivity index (χ2n) is 4.04. The molecule has 1 aromatic carbocycles. The average Bonchev–Trinajstić information content (AvgIpc) is 2.33. The van der Waals surface area contributed by atoms with E-state index in [2.05, 4.69) is 5.32 Å². The third kappa shape index (κ3) is 4.53. The van der Waals surface area contributed by atoms with E-state index in [1.165, 1.54) is 12.1 Å². The van der Waals surface area contributed by atoms with Gasteiger partial charge in [-0.1, -0.05) is 19.1 Å². The number of amides is 1. The van der Waals surface area contributed by atoms with E-state index in [0.717, 1.165) is 12.0 Å². The second-order valence-corrected chi connectivity index (χ2v) is 4.04. The molecule has 3 nitrogen and oxygen atoms in total. The lowest BCUT2D eigenvalue weighted by molar-refractivity contribution is -0.121. The molecule has 0 bridgehead atoms. The first-order valence-electron chi connectivity index (χ1n) is 5.89. The second kappa shape index (κ2) is 7.01. The van der Waals surface area contributed by atoms with Crippen molar-refractivity contribution in [3.05, 3.63) is 35.6 Å². The number of nitrogens with one attached hydrogen (secondary N) is 1. The van der Waals surface area contributed by atoms with Gasteiger partial charge in [0.1, 0.15) is 5.82 Å². The molecule has 0 saturated heterocycles. The van der Waals surface area contributed by atoms with Crippen LogP contribution in [-0.2, 0) is 4.79 Å². The normalized spacial score (nSPS) is 12.2. The van der Waals surface area contributed by atoms with E-state index in [0.29, 0.717) is 19.5 Å². The predicted octanol–water partition coefficient (Wildman–Crippen LogP) is 1.78. The van der Waals surface area contributed by atoms with E-state index < -0.39 is 0 Å².